The van der Waals surface area contributed by atoms with Gasteiger partial charge >= 0.3 is 0 Å². The van der Waals surface area contributed by atoms with Crippen molar-refractivity contribution in [3.05, 3.63) is 63.9 Å². The van der Waals surface area contributed by atoms with Gasteiger partial charge in [0.25, 0.3) is 5.54 Å². The monoisotopic (exact) mass is 231 g/mol. The number of benzene rings is 1. The highest BCUT2D eigenvalue weighted by molar-refractivity contribution is 5.30. The summed E-state index contributed by atoms with van der Waals surface area (Å²) in [4.78, 5) is 11.0. The zero-order valence-electron chi connectivity index (χ0n) is 9.55. The molecule has 0 aliphatic carbocycles. The molecule has 2 atom stereocenters. The highest BCUT2D eigenvalue weighted by Gasteiger charge is 2.55. The van der Waals surface area contributed by atoms with Crippen molar-refractivity contribution in [3.8, 4) is 0 Å². The highest BCUT2D eigenvalue weighted by Crippen LogP contribution is 2.42. The van der Waals surface area contributed by atoms with Gasteiger partial charge in [-0.25, -0.2) is 0 Å². The molecule has 1 aromatic carbocycles. The van der Waals surface area contributed by atoms with Crippen LogP contribution in [0.3, 0.4) is 0 Å². The molecule has 1 fully saturated rings. The first-order chi connectivity index (χ1) is 8.10. The Morgan fingerprint density at radius 1 is 1.53 bits per heavy atom. The first kappa shape index (κ1) is 11.6. The topological polar surface area (TPSA) is 52.4 Å². The Bertz CT molecular complexity index is 491. The van der Waals surface area contributed by atoms with Crippen LogP contribution in [0.2, 0.25) is 0 Å². The van der Waals surface area contributed by atoms with Crippen LogP contribution in [0.4, 0.5) is 0 Å². The van der Waals surface area contributed by atoms with E-state index in [1.165, 1.54) is 0 Å². The summed E-state index contributed by atoms with van der Waals surface area (Å²) in [5, 5.41) is 11.3. The van der Waals surface area contributed by atoms with Crippen molar-refractivity contribution in [1.82, 2.24) is 0 Å². The van der Waals surface area contributed by atoms with Crippen LogP contribution in [0.15, 0.2) is 48.2 Å². The van der Waals surface area contributed by atoms with E-state index in [1.807, 2.05) is 30.3 Å². The number of nitrogens with zero attached hydrogens (tertiary/aromatic N) is 1. The van der Waals surface area contributed by atoms with Crippen LogP contribution in [-0.4, -0.2) is 17.1 Å². The van der Waals surface area contributed by atoms with Crippen LogP contribution >= 0.6 is 0 Å². The third kappa shape index (κ3) is 1.68. The lowest BCUT2D eigenvalue weighted by atomic mass is 9.86. The van der Waals surface area contributed by atoms with Crippen LogP contribution in [0.5, 0.6) is 0 Å². The molecule has 1 aromatic rings. The molecule has 0 bridgehead atoms. The van der Waals surface area contributed by atoms with E-state index in [1.54, 1.807) is 6.92 Å². The van der Waals surface area contributed by atoms with E-state index in [4.69, 9.17) is 4.74 Å². The Labute approximate surface area is 99.4 Å². The second-order valence-electron chi connectivity index (χ2n) is 4.16. The fourth-order valence-corrected chi connectivity index (χ4v) is 2.12. The van der Waals surface area contributed by atoms with Gasteiger partial charge in [0.05, 0.1) is 12.2 Å². The molecule has 2 rings (SSSR count). The molecular formula is C13H13NO3. The molecule has 0 amide bonds. The molecule has 1 saturated heterocycles. The van der Waals surface area contributed by atoms with Gasteiger partial charge < -0.3 is 4.74 Å². The molecule has 88 valence electrons. The molecule has 0 radical (unpaired) electrons. The Morgan fingerprint density at radius 2 is 2.18 bits per heavy atom. The number of hydrogen-bond donors (Lipinski definition) is 0. The number of ether oxygens (including phenoxy) is 1. The van der Waals surface area contributed by atoms with E-state index in [0.717, 1.165) is 5.56 Å². The highest BCUT2D eigenvalue weighted by atomic mass is 16.6. The van der Waals surface area contributed by atoms with Gasteiger partial charge in [-0.2, -0.15) is 0 Å². The van der Waals surface area contributed by atoms with E-state index in [2.05, 4.69) is 12.3 Å². The second kappa shape index (κ2) is 4.17. The number of hydrogen-bond acceptors (Lipinski definition) is 3. The van der Waals surface area contributed by atoms with Gasteiger partial charge in [-0.3, -0.25) is 10.1 Å². The molecular weight excluding hydrogens is 218 g/mol. The molecule has 1 aliphatic rings. The molecule has 4 nitrogen and oxygen atoms in total. The molecule has 1 heterocycles. The van der Waals surface area contributed by atoms with Crippen molar-refractivity contribution in [2.75, 3.05) is 6.61 Å². The zero-order valence-corrected chi connectivity index (χ0v) is 9.55. The lowest BCUT2D eigenvalue weighted by Gasteiger charge is -2.22. The minimum Gasteiger partial charge on any atom is -0.360 e. The molecule has 0 aromatic heterocycles. The second-order valence-corrected chi connectivity index (χ2v) is 4.16. The molecule has 4 heteroatoms. The lowest BCUT2D eigenvalue weighted by molar-refractivity contribution is -0.561. The molecule has 0 spiro atoms. The average molecular weight is 231 g/mol. The van der Waals surface area contributed by atoms with Crippen LogP contribution < -0.4 is 0 Å². The summed E-state index contributed by atoms with van der Waals surface area (Å²) in [6.45, 7) is 5.27. The fraction of sp³-hybridized carbons (Fsp3) is 0.308. The standard InChI is InChI=1S/C13H13NO3/c1-3-11-9-17-12(13(11,2)14(15)16)10-7-5-4-6-8-10/h4-8,12H,1,9H2,2H3/t12-,13+/m1/s1. The van der Waals surface area contributed by atoms with Gasteiger partial charge in [0.1, 0.15) is 0 Å². The Morgan fingerprint density at radius 3 is 2.71 bits per heavy atom. The largest absolute Gasteiger partial charge is 0.360 e. The van der Waals surface area contributed by atoms with Gasteiger partial charge in [-0.05, 0) is 5.56 Å². The summed E-state index contributed by atoms with van der Waals surface area (Å²) >= 11 is 0. The van der Waals surface area contributed by atoms with Crippen LogP contribution in [-0.2, 0) is 4.74 Å². The van der Waals surface area contributed by atoms with Gasteiger partial charge in [-0.1, -0.05) is 36.9 Å². The number of nitro groups is 1. The van der Waals surface area contributed by atoms with Crippen molar-refractivity contribution in [2.24, 2.45) is 0 Å². The van der Waals surface area contributed by atoms with Crippen molar-refractivity contribution >= 4 is 0 Å². The summed E-state index contributed by atoms with van der Waals surface area (Å²) in [5.74, 6) is 0. The van der Waals surface area contributed by atoms with Crippen LogP contribution in [0.1, 0.15) is 18.6 Å². The predicted octanol–water partition coefficient (Wildman–Crippen LogP) is 2.50. The molecule has 0 unspecified atom stereocenters. The number of rotatable bonds is 2. The Balaban J connectivity index is 2.50. The maximum Gasteiger partial charge on any atom is 0.279 e. The zero-order chi connectivity index (χ0) is 12.5. The van der Waals surface area contributed by atoms with E-state index in [-0.39, 0.29) is 11.5 Å². The van der Waals surface area contributed by atoms with Crippen LogP contribution in [0, 0.1) is 10.1 Å². The van der Waals surface area contributed by atoms with Crippen molar-refractivity contribution in [2.45, 2.75) is 18.6 Å². The maximum absolute atomic E-state index is 11.3. The predicted molar refractivity (Wildman–Crippen MR) is 63.2 cm³/mol. The summed E-state index contributed by atoms with van der Waals surface area (Å²) < 4.78 is 5.54. The first-order valence-corrected chi connectivity index (χ1v) is 5.31. The normalized spacial score (nSPS) is 27.8. The fourth-order valence-electron chi connectivity index (χ4n) is 2.12. The summed E-state index contributed by atoms with van der Waals surface area (Å²) in [6, 6.07) is 9.21. The van der Waals surface area contributed by atoms with E-state index < -0.39 is 11.6 Å². The van der Waals surface area contributed by atoms with Gasteiger partial charge in [0, 0.05) is 11.8 Å². The lowest BCUT2D eigenvalue weighted by Crippen LogP contribution is -2.39. The summed E-state index contributed by atoms with van der Waals surface area (Å²) in [7, 11) is 0. The molecule has 1 aliphatic heterocycles. The molecule has 17 heavy (non-hydrogen) atoms. The van der Waals surface area contributed by atoms with Gasteiger partial charge in [-0.15, -0.1) is 5.73 Å². The SMILES string of the molecule is C=C=C1CO[C@H](c2ccccc2)[C@@]1(C)[N+](=O)[O-]. The van der Waals surface area contributed by atoms with Crippen molar-refractivity contribution in [1.29, 1.82) is 0 Å². The third-order valence-electron chi connectivity index (χ3n) is 3.21. The minimum absolute atomic E-state index is 0.209. The quantitative estimate of drug-likeness (QED) is 0.446. The molecule has 0 saturated carbocycles. The minimum atomic E-state index is -1.27. The third-order valence-corrected chi connectivity index (χ3v) is 3.21. The smallest absolute Gasteiger partial charge is 0.279 e. The van der Waals surface area contributed by atoms with Crippen LogP contribution in [0.25, 0.3) is 0 Å². The summed E-state index contributed by atoms with van der Waals surface area (Å²) in [5.41, 5.74) is 2.66. The maximum atomic E-state index is 11.3. The van der Waals surface area contributed by atoms with E-state index in [0.29, 0.717) is 5.57 Å². The first-order valence-electron chi connectivity index (χ1n) is 5.31. The van der Waals surface area contributed by atoms with E-state index >= 15 is 0 Å². The Hall–Kier alpha value is -1.90. The van der Waals surface area contributed by atoms with Crippen molar-refractivity contribution in [3.63, 3.8) is 0 Å². The summed E-state index contributed by atoms with van der Waals surface area (Å²) in [6.07, 6.45) is -0.581. The van der Waals surface area contributed by atoms with Crippen molar-refractivity contribution < 1.29 is 9.66 Å². The van der Waals surface area contributed by atoms with Gasteiger partial charge in [0.15, 0.2) is 6.10 Å². The Kier molecular flexibility index (Phi) is 2.84. The average Bonchev–Trinajstić information content (AvgIpc) is 2.68. The molecule has 0 N–H and O–H groups in total. The van der Waals surface area contributed by atoms with E-state index in [9.17, 15) is 10.1 Å². The van der Waals surface area contributed by atoms with Gasteiger partial charge in [0.2, 0.25) is 0 Å².